The molecule has 2 aromatic carbocycles. The van der Waals surface area contributed by atoms with Gasteiger partial charge in [0.1, 0.15) is 12.4 Å². The topological polar surface area (TPSA) is 129 Å². The molecule has 3 heterocycles. The van der Waals surface area contributed by atoms with Crippen LogP contribution in [0.15, 0.2) is 54.1 Å². The van der Waals surface area contributed by atoms with Gasteiger partial charge in [-0.2, -0.15) is 5.10 Å². The Bertz CT molecular complexity index is 1690. The maximum Gasteiger partial charge on any atom is 0.336 e. The second-order valence-corrected chi connectivity index (χ2v) is 11.4. The van der Waals surface area contributed by atoms with Gasteiger partial charge in [-0.05, 0) is 37.1 Å². The molecule has 10 nitrogen and oxygen atoms in total. The van der Waals surface area contributed by atoms with E-state index >= 15 is 0 Å². The second kappa shape index (κ2) is 13.2. The number of nitrogens with zero attached hydrogens (tertiary/aromatic N) is 2. The van der Waals surface area contributed by atoms with Crippen LogP contribution in [0.4, 0.5) is 0 Å². The largest absolute Gasteiger partial charge is 0.496 e. The normalized spacial score (nSPS) is 12.4. The van der Waals surface area contributed by atoms with Gasteiger partial charge in [0.05, 0.1) is 22.7 Å². The van der Waals surface area contributed by atoms with E-state index in [0.717, 1.165) is 18.5 Å². The molecule has 224 valence electrons. The van der Waals surface area contributed by atoms with E-state index in [0.29, 0.717) is 55.6 Å². The molecule has 0 atom stereocenters. The fourth-order valence-electron chi connectivity index (χ4n) is 4.69. The Morgan fingerprint density at radius 2 is 1.86 bits per heavy atom. The van der Waals surface area contributed by atoms with E-state index in [1.807, 2.05) is 6.07 Å². The van der Waals surface area contributed by atoms with E-state index in [9.17, 15) is 19.8 Å². The van der Waals surface area contributed by atoms with Crippen LogP contribution < -0.4 is 18.9 Å². The molecule has 12 heteroatoms. The van der Waals surface area contributed by atoms with Crippen LogP contribution in [0.25, 0.3) is 11.1 Å². The van der Waals surface area contributed by atoms with Crippen molar-refractivity contribution in [3.63, 3.8) is 0 Å². The van der Waals surface area contributed by atoms with Gasteiger partial charge >= 0.3 is 11.9 Å². The number of aryl methyl sites for hydroxylation is 1. The van der Waals surface area contributed by atoms with E-state index in [-0.39, 0.29) is 31.0 Å². The number of ether oxygens (including phenoxy) is 4. The highest BCUT2D eigenvalue weighted by Crippen LogP contribution is 2.40. The van der Waals surface area contributed by atoms with Gasteiger partial charge in [-0.25, -0.2) is 14.3 Å². The number of halogens is 1. The SMILES string of the molecule is CCCCc1cc(/C=C(\Cc2cc3c(cc2OC)OCO3)C(=O)O)nn1-c1sc(Cl)cc1OCc1ccccc1C(=O)O. The number of thiophene rings is 1. The van der Waals surface area contributed by atoms with Crippen LogP contribution in [-0.4, -0.2) is 45.8 Å². The highest BCUT2D eigenvalue weighted by Gasteiger charge is 2.22. The van der Waals surface area contributed by atoms with Gasteiger partial charge in [0, 0.05) is 40.9 Å². The van der Waals surface area contributed by atoms with Gasteiger partial charge in [0.2, 0.25) is 6.79 Å². The minimum Gasteiger partial charge on any atom is -0.496 e. The van der Waals surface area contributed by atoms with Crippen molar-refractivity contribution in [3.05, 3.63) is 86.5 Å². The number of hydrogen-bond donors (Lipinski definition) is 2. The fourth-order valence-corrected chi connectivity index (χ4v) is 5.82. The first kappa shape index (κ1) is 30.0. The van der Waals surface area contributed by atoms with Crippen molar-refractivity contribution in [2.24, 2.45) is 0 Å². The number of hydrogen-bond acceptors (Lipinski definition) is 8. The average Bonchev–Trinajstić information content (AvgIpc) is 3.71. The van der Waals surface area contributed by atoms with Crippen molar-refractivity contribution in [1.82, 2.24) is 9.78 Å². The minimum atomic E-state index is -1.09. The minimum absolute atomic E-state index is 0.0153. The van der Waals surface area contributed by atoms with Gasteiger partial charge in [-0.15, -0.1) is 11.3 Å². The van der Waals surface area contributed by atoms with Crippen molar-refractivity contribution in [1.29, 1.82) is 0 Å². The molecule has 0 aliphatic carbocycles. The summed E-state index contributed by atoms with van der Waals surface area (Å²) in [5.74, 6) is -0.134. The number of aromatic nitrogens is 2. The summed E-state index contributed by atoms with van der Waals surface area (Å²) in [5, 5.41) is 25.0. The molecule has 1 aliphatic rings. The number of carboxylic acid groups (broad SMARTS) is 2. The molecule has 2 N–H and O–H groups in total. The van der Waals surface area contributed by atoms with Crippen LogP contribution in [0.5, 0.6) is 23.0 Å². The molecule has 0 unspecified atom stereocenters. The van der Waals surface area contributed by atoms with E-state index in [1.54, 1.807) is 41.1 Å². The van der Waals surface area contributed by atoms with Crippen molar-refractivity contribution in [2.45, 2.75) is 39.2 Å². The van der Waals surface area contributed by atoms with Crippen LogP contribution in [0.2, 0.25) is 4.34 Å². The average molecular weight is 625 g/mol. The lowest BCUT2D eigenvalue weighted by molar-refractivity contribution is -0.132. The van der Waals surface area contributed by atoms with Gasteiger partial charge in [0.15, 0.2) is 22.2 Å². The lowest BCUT2D eigenvalue weighted by Crippen LogP contribution is -2.07. The quantitative estimate of drug-likeness (QED) is 0.157. The molecule has 0 fully saturated rings. The fraction of sp³-hybridized carbons (Fsp3) is 0.258. The van der Waals surface area contributed by atoms with Gasteiger partial charge in [0.25, 0.3) is 0 Å². The van der Waals surface area contributed by atoms with Crippen LogP contribution >= 0.6 is 22.9 Å². The summed E-state index contributed by atoms with van der Waals surface area (Å²) >= 11 is 7.67. The van der Waals surface area contributed by atoms with Crippen LogP contribution in [0.3, 0.4) is 0 Å². The first-order valence-corrected chi connectivity index (χ1v) is 14.7. The molecule has 5 rings (SSSR count). The lowest BCUT2D eigenvalue weighted by atomic mass is 10.0. The van der Waals surface area contributed by atoms with E-state index in [4.69, 9.17) is 35.6 Å². The Hall–Kier alpha value is -4.48. The summed E-state index contributed by atoms with van der Waals surface area (Å²) in [5.41, 5.74) is 2.72. The Kier molecular flexibility index (Phi) is 9.22. The molecular weight excluding hydrogens is 596 g/mol. The number of unbranched alkanes of at least 4 members (excludes halogenated alkanes) is 1. The second-order valence-electron chi connectivity index (χ2n) is 9.72. The number of fused-ring (bicyclic) bond motifs is 1. The van der Waals surface area contributed by atoms with Gasteiger partial charge in [-0.3, -0.25) is 0 Å². The number of aromatic carboxylic acids is 1. The number of rotatable bonds is 13. The smallest absolute Gasteiger partial charge is 0.336 e. The van der Waals surface area contributed by atoms with Crippen molar-refractivity contribution < 1.29 is 38.7 Å². The van der Waals surface area contributed by atoms with Crippen LogP contribution in [0.1, 0.15) is 52.6 Å². The van der Waals surface area contributed by atoms with E-state index < -0.39 is 11.9 Å². The highest BCUT2D eigenvalue weighted by atomic mass is 35.5. The number of carbonyl (C=O) groups is 2. The van der Waals surface area contributed by atoms with Crippen LogP contribution in [0, 0.1) is 0 Å². The van der Waals surface area contributed by atoms with E-state index in [1.165, 1.54) is 30.6 Å². The third-order valence-corrected chi connectivity index (χ3v) is 8.04. The molecule has 0 radical (unpaired) electrons. The Morgan fingerprint density at radius 3 is 2.58 bits per heavy atom. The molecule has 4 aromatic rings. The molecule has 0 bridgehead atoms. The molecule has 0 amide bonds. The van der Waals surface area contributed by atoms with Crippen molar-refractivity contribution >= 4 is 41.0 Å². The maximum atomic E-state index is 12.4. The molecule has 2 aromatic heterocycles. The standard InChI is InChI=1S/C31H29ClN2O8S/c1-3-4-8-22-13-21(11-20(30(35)36)10-19-12-25-26(42-17-41-25)14-24(19)39-2)33-34(22)29-27(15-28(32)43-29)40-16-18-7-5-6-9-23(18)31(37)38/h5-7,9,11-15H,3-4,8,10,16-17H2,1-2H3,(H,35,36)(H,37,38)/b20-11+. The maximum absolute atomic E-state index is 12.4. The van der Waals surface area contributed by atoms with Gasteiger partial charge < -0.3 is 29.2 Å². The Labute approximate surface area is 256 Å². The summed E-state index contributed by atoms with van der Waals surface area (Å²) in [4.78, 5) is 24.0. The summed E-state index contributed by atoms with van der Waals surface area (Å²) in [6.45, 7) is 2.19. The summed E-state index contributed by atoms with van der Waals surface area (Å²) in [6.07, 6.45) is 4.12. The summed E-state index contributed by atoms with van der Waals surface area (Å²) in [6, 6.07) is 13.6. The Morgan fingerprint density at radius 1 is 1.09 bits per heavy atom. The number of aliphatic carboxylic acids is 1. The molecule has 0 spiro atoms. The van der Waals surface area contributed by atoms with Gasteiger partial charge in [-0.1, -0.05) is 43.1 Å². The molecular formula is C31H29ClN2O8S. The molecule has 0 saturated heterocycles. The monoisotopic (exact) mass is 624 g/mol. The number of benzene rings is 2. The predicted octanol–water partition coefficient (Wildman–Crippen LogP) is 6.66. The Balaban J connectivity index is 1.48. The number of methoxy groups -OCH3 is 1. The molecule has 43 heavy (non-hydrogen) atoms. The number of carboxylic acids is 2. The summed E-state index contributed by atoms with van der Waals surface area (Å²) < 4.78 is 24.6. The third-order valence-electron chi connectivity index (χ3n) is 6.81. The summed E-state index contributed by atoms with van der Waals surface area (Å²) in [7, 11) is 1.51. The first-order valence-electron chi connectivity index (χ1n) is 13.5. The van der Waals surface area contributed by atoms with Crippen LogP contribution in [-0.2, 0) is 24.2 Å². The predicted molar refractivity (Wildman–Crippen MR) is 161 cm³/mol. The molecule has 0 saturated carbocycles. The molecule has 1 aliphatic heterocycles. The first-order chi connectivity index (χ1) is 20.8. The zero-order chi connectivity index (χ0) is 30.5. The highest BCUT2D eigenvalue weighted by molar-refractivity contribution is 7.18. The lowest BCUT2D eigenvalue weighted by Gasteiger charge is -2.11. The van der Waals surface area contributed by atoms with Crippen molar-refractivity contribution in [3.8, 4) is 28.0 Å². The van der Waals surface area contributed by atoms with E-state index in [2.05, 4.69) is 6.92 Å². The zero-order valence-electron chi connectivity index (χ0n) is 23.5. The van der Waals surface area contributed by atoms with Crippen molar-refractivity contribution in [2.75, 3.05) is 13.9 Å². The third kappa shape index (κ3) is 6.79. The zero-order valence-corrected chi connectivity index (χ0v) is 25.0.